The molecule has 1 heterocycles. The van der Waals surface area contributed by atoms with Gasteiger partial charge in [-0.1, -0.05) is 21.3 Å². The van der Waals surface area contributed by atoms with Crippen LogP contribution < -0.4 is 15.8 Å². The Kier molecular flexibility index (Phi) is 5.02. The summed E-state index contributed by atoms with van der Waals surface area (Å²) in [6.45, 7) is 7.70. The van der Waals surface area contributed by atoms with Gasteiger partial charge in [0.2, 0.25) is 5.91 Å². The van der Waals surface area contributed by atoms with E-state index in [0.717, 1.165) is 5.56 Å². The van der Waals surface area contributed by atoms with Gasteiger partial charge < -0.3 is 20.9 Å². The molecule has 1 amide bonds. The van der Waals surface area contributed by atoms with E-state index in [1.807, 2.05) is 27.7 Å². The van der Waals surface area contributed by atoms with Gasteiger partial charge in [-0.05, 0) is 32.0 Å². The molecule has 2 rings (SSSR count). The largest absolute Gasteiger partial charge is 0.485 e. The topological polar surface area (TPSA) is 84.6 Å². The minimum Gasteiger partial charge on any atom is -0.485 e. The van der Waals surface area contributed by atoms with E-state index in [1.165, 1.54) is 0 Å². The fourth-order valence-corrected chi connectivity index (χ4v) is 2.49. The van der Waals surface area contributed by atoms with Crippen LogP contribution in [0.25, 0.3) is 0 Å². The van der Waals surface area contributed by atoms with E-state index in [2.05, 4.69) is 5.32 Å². The first-order chi connectivity index (χ1) is 9.22. The predicted molar refractivity (Wildman–Crippen MR) is 83.4 cm³/mol. The highest BCUT2D eigenvalue weighted by molar-refractivity contribution is 5.93. The highest BCUT2D eigenvalue weighted by Crippen LogP contribution is 2.40. The molecule has 0 spiro atoms. The zero-order chi connectivity index (χ0) is 15.1. The Balaban J connectivity index is 0.00000220. The number of carbonyl (C=O) groups is 1. The van der Waals surface area contributed by atoms with Gasteiger partial charge in [0.25, 0.3) is 0 Å². The number of aliphatic hydroxyl groups excluding tert-OH is 1. The number of rotatable bonds is 3. The molecule has 5 nitrogen and oxygen atoms in total. The van der Waals surface area contributed by atoms with E-state index >= 15 is 0 Å². The summed E-state index contributed by atoms with van der Waals surface area (Å²) < 4.78 is 5.84. The molecule has 5 heteroatoms. The molecular formula is C16H26N2O3. The van der Waals surface area contributed by atoms with Gasteiger partial charge in [0.05, 0.1) is 6.04 Å². The van der Waals surface area contributed by atoms with Gasteiger partial charge >= 0.3 is 0 Å². The maximum absolute atomic E-state index is 11.3. The van der Waals surface area contributed by atoms with Crippen LogP contribution in [0.2, 0.25) is 0 Å². The van der Waals surface area contributed by atoms with E-state index in [9.17, 15) is 9.90 Å². The lowest BCUT2D eigenvalue weighted by atomic mass is 9.85. The van der Waals surface area contributed by atoms with Crippen molar-refractivity contribution in [2.24, 2.45) is 5.73 Å². The standard InChI is InChI=1S/C15H22N2O3.CH4/c1-8(2)17-12-10-7-9(14(16)19)5-6-11(10)20-15(3,4)13(12)18;/h5-8,12-13,17-18H,1-4H3,(H2,16,19);1H4. The van der Waals surface area contributed by atoms with Crippen LogP contribution in [0.1, 0.15) is 57.1 Å². The first-order valence-corrected chi connectivity index (χ1v) is 6.79. The molecule has 0 saturated heterocycles. The molecule has 21 heavy (non-hydrogen) atoms. The van der Waals surface area contributed by atoms with Crippen molar-refractivity contribution < 1.29 is 14.6 Å². The van der Waals surface area contributed by atoms with Gasteiger partial charge in [-0.25, -0.2) is 0 Å². The Morgan fingerprint density at radius 2 is 2.05 bits per heavy atom. The third-order valence-corrected chi connectivity index (χ3v) is 3.54. The molecule has 4 N–H and O–H groups in total. The Labute approximate surface area is 126 Å². The number of benzene rings is 1. The van der Waals surface area contributed by atoms with E-state index in [-0.39, 0.29) is 19.5 Å². The number of aliphatic hydroxyl groups is 1. The Bertz CT molecular complexity index is 526. The number of fused-ring (bicyclic) bond motifs is 1. The van der Waals surface area contributed by atoms with Crippen LogP contribution in [0.5, 0.6) is 5.75 Å². The molecule has 0 radical (unpaired) electrons. The number of nitrogens with one attached hydrogen (secondary N) is 1. The van der Waals surface area contributed by atoms with Crippen LogP contribution in [-0.2, 0) is 0 Å². The summed E-state index contributed by atoms with van der Waals surface area (Å²) in [5.74, 6) is 0.180. The molecule has 2 atom stereocenters. The van der Waals surface area contributed by atoms with E-state index in [1.54, 1.807) is 18.2 Å². The second-order valence-corrected chi connectivity index (χ2v) is 6.07. The predicted octanol–water partition coefficient (Wildman–Crippen LogP) is 1.99. The van der Waals surface area contributed by atoms with E-state index < -0.39 is 17.6 Å². The third-order valence-electron chi connectivity index (χ3n) is 3.54. The molecule has 0 aromatic heterocycles. The zero-order valence-corrected chi connectivity index (χ0v) is 12.3. The molecule has 0 bridgehead atoms. The van der Waals surface area contributed by atoms with Crippen molar-refractivity contribution in [1.82, 2.24) is 5.32 Å². The van der Waals surface area contributed by atoms with Gasteiger partial charge in [0, 0.05) is 17.2 Å². The second-order valence-electron chi connectivity index (χ2n) is 6.07. The second kappa shape index (κ2) is 6.03. The molecule has 0 aliphatic carbocycles. The van der Waals surface area contributed by atoms with Crippen molar-refractivity contribution in [3.05, 3.63) is 29.3 Å². The Hall–Kier alpha value is -1.59. The Morgan fingerprint density at radius 3 is 2.57 bits per heavy atom. The summed E-state index contributed by atoms with van der Waals surface area (Å²) in [5.41, 5.74) is 5.80. The third kappa shape index (κ3) is 3.36. The van der Waals surface area contributed by atoms with Crippen LogP contribution in [0, 0.1) is 0 Å². The van der Waals surface area contributed by atoms with Crippen LogP contribution in [-0.4, -0.2) is 28.8 Å². The van der Waals surface area contributed by atoms with Crippen molar-refractivity contribution in [3.8, 4) is 5.75 Å². The number of hydrogen-bond donors (Lipinski definition) is 3. The molecule has 0 saturated carbocycles. The average molecular weight is 294 g/mol. The minimum absolute atomic E-state index is 0. The summed E-state index contributed by atoms with van der Waals surface area (Å²) in [7, 11) is 0. The number of hydrogen-bond acceptors (Lipinski definition) is 4. The quantitative estimate of drug-likeness (QED) is 0.796. The lowest BCUT2D eigenvalue weighted by molar-refractivity contribution is -0.0658. The fraction of sp³-hybridized carbons (Fsp3) is 0.562. The summed E-state index contributed by atoms with van der Waals surface area (Å²) in [5, 5.41) is 13.8. The van der Waals surface area contributed by atoms with E-state index in [0.29, 0.717) is 11.3 Å². The minimum atomic E-state index is -0.722. The summed E-state index contributed by atoms with van der Waals surface area (Å²) in [6, 6.07) is 4.96. The van der Waals surface area contributed by atoms with Crippen molar-refractivity contribution >= 4 is 5.91 Å². The molecule has 1 aliphatic heterocycles. The van der Waals surface area contributed by atoms with Gasteiger partial charge in [-0.3, -0.25) is 4.79 Å². The van der Waals surface area contributed by atoms with Gasteiger partial charge in [-0.2, -0.15) is 0 Å². The molecule has 118 valence electrons. The highest BCUT2D eigenvalue weighted by Gasteiger charge is 2.43. The number of ether oxygens (including phenoxy) is 1. The SMILES string of the molecule is C.CC(C)NC1c2cc(C(N)=O)ccc2OC(C)(C)C1O. The van der Waals surface area contributed by atoms with Crippen LogP contribution in [0.4, 0.5) is 0 Å². The van der Waals surface area contributed by atoms with Crippen LogP contribution in [0.15, 0.2) is 18.2 Å². The van der Waals surface area contributed by atoms with E-state index in [4.69, 9.17) is 10.5 Å². The summed E-state index contributed by atoms with van der Waals surface area (Å²) in [4.78, 5) is 11.3. The number of carbonyl (C=O) groups excluding carboxylic acids is 1. The number of nitrogens with two attached hydrogens (primary N) is 1. The van der Waals surface area contributed by atoms with Crippen molar-refractivity contribution in [2.45, 2.75) is 58.9 Å². The molecule has 1 aliphatic rings. The van der Waals surface area contributed by atoms with Gasteiger partial charge in [-0.15, -0.1) is 0 Å². The fourth-order valence-electron chi connectivity index (χ4n) is 2.49. The molecule has 1 aromatic carbocycles. The summed E-state index contributed by atoms with van der Waals surface area (Å²) >= 11 is 0. The molecule has 2 unspecified atom stereocenters. The van der Waals surface area contributed by atoms with Crippen molar-refractivity contribution in [3.63, 3.8) is 0 Å². The first kappa shape index (κ1) is 17.5. The maximum Gasteiger partial charge on any atom is 0.248 e. The zero-order valence-electron chi connectivity index (χ0n) is 12.3. The van der Waals surface area contributed by atoms with Crippen LogP contribution in [0.3, 0.4) is 0 Å². The maximum atomic E-state index is 11.3. The molecule has 0 fully saturated rings. The molecule has 1 aromatic rings. The lowest BCUT2D eigenvalue weighted by Gasteiger charge is -2.43. The highest BCUT2D eigenvalue weighted by atomic mass is 16.5. The normalized spacial score (nSPS) is 23.0. The van der Waals surface area contributed by atoms with Gasteiger partial charge in [0.15, 0.2) is 0 Å². The van der Waals surface area contributed by atoms with Crippen molar-refractivity contribution in [1.29, 1.82) is 0 Å². The lowest BCUT2D eigenvalue weighted by Crippen LogP contribution is -2.53. The number of primary amides is 1. The molecular weight excluding hydrogens is 268 g/mol. The van der Waals surface area contributed by atoms with Crippen molar-refractivity contribution in [2.75, 3.05) is 0 Å². The monoisotopic (exact) mass is 294 g/mol. The smallest absolute Gasteiger partial charge is 0.248 e. The number of amides is 1. The van der Waals surface area contributed by atoms with Crippen LogP contribution >= 0.6 is 0 Å². The first-order valence-electron chi connectivity index (χ1n) is 6.79. The Morgan fingerprint density at radius 1 is 1.43 bits per heavy atom. The van der Waals surface area contributed by atoms with Gasteiger partial charge in [0.1, 0.15) is 17.5 Å². The average Bonchev–Trinajstić information content (AvgIpc) is 2.33. The summed E-state index contributed by atoms with van der Waals surface area (Å²) in [6.07, 6.45) is -0.722.